The van der Waals surface area contributed by atoms with Crippen LogP contribution < -0.4 is 0 Å². The van der Waals surface area contributed by atoms with Crippen molar-refractivity contribution in [2.45, 2.75) is 32.0 Å². The number of rotatable bonds is 6. The maximum absolute atomic E-state index is 6.09. The summed E-state index contributed by atoms with van der Waals surface area (Å²) in [4.78, 5) is 15.2. The summed E-state index contributed by atoms with van der Waals surface area (Å²) < 4.78 is 7.35. The molecule has 1 aromatic carbocycles. The van der Waals surface area contributed by atoms with Crippen LogP contribution in [0.2, 0.25) is 5.02 Å². The molecule has 6 nitrogen and oxygen atoms in total. The molecule has 0 bridgehead atoms. The molecule has 0 radical (unpaired) electrons. The first-order valence-corrected chi connectivity index (χ1v) is 9.00. The van der Waals surface area contributed by atoms with Gasteiger partial charge in [-0.05, 0) is 37.6 Å². The van der Waals surface area contributed by atoms with Crippen LogP contribution >= 0.6 is 11.6 Å². The Labute approximate surface area is 151 Å². The Hall–Kier alpha value is -1.89. The summed E-state index contributed by atoms with van der Waals surface area (Å²) in [7, 11) is 1.72. The number of hydrogen-bond donors (Lipinski definition) is 1. The predicted molar refractivity (Wildman–Crippen MR) is 97.6 cm³/mol. The zero-order valence-electron chi connectivity index (χ0n) is 14.3. The van der Waals surface area contributed by atoms with Crippen LogP contribution in [0.15, 0.2) is 30.6 Å². The molecule has 1 aliphatic rings. The number of ether oxygens (including phenoxy) is 1. The second-order valence-corrected chi connectivity index (χ2v) is 6.88. The van der Waals surface area contributed by atoms with Crippen LogP contribution in [0.5, 0.6) is 0 Å². The van der Waals surface area contributed by atoms with Gasteiger partial charge < -0.3 is 14.3 Å². The van der Waals surface area contributed by atoms with Gasteiger partial charge in [0.15, 0.2) is 0 Å². The van der Waals surface area contributed by atoms with Crippen molar-refractivity contribution < 1.29 is 4.74 Å². The first-order valence-electron chi connectivity index (χ1n) is 8.63. The molecule has 1 aliphatic heterocycles. The van der Waals surface area contributed by atoms with E-state index >= 15 is 0 Å². The average Bonchev–Trinajstić information content (AvgIpc) is 3.32. The molecule has 2 aromatic heterocycles. The summed E-state index contributed by atoms with van der Waals surface area (Å²) >= 11 is 6.09. The van der Waals surface area contributed by atoms with E-state index in [0.29, 0.717) is 12.6 Å². The number of methoxy groups -OCH3 is 1. The summed E-state index contributed by atoms with van der Waals surface area (Å²) in [5.74, 6) is 2.09. The first-order chi connectivity index (χ1) is 12.2. The number of halogens is 1. The quantitative estimate of drug-likeness (QED) is 0.732. The Kier molecular flexibility index (Phi) is 4.74. The minimum Gasteiger partial charge on any atom is -0.383 e. The molecule has 3 heterocycles. The Morgan fingerprint density at radius 3 is 3.20 bits per heavy atom. The van der Waals surface area contributed by atoms with Crippen molar-refractivity contribution in [3.8, 4) is 0 Å². The van der Waals surface area contributed by atoms with Crippen molar-refractivity contribution in [1.29, 1.82) is 0 Å². The molecule has 0 amide bonds. The van der Waals surface area contributed by atoms with Crippen LogP contribution in [0.4, 0.5) is 0 Å². The number of benzene rings is 1. The van der Waals surface area contributed by atoms with E-state index in [2.05, 4.69) is 19.4 Å². The van der Waals surface area contributed by atoms with E-state index in [0.717, 1.165) is 53.8 Å². The molecule has 0 aliphatic carbocycles. The largest absolute Gasteiger partial charge is 0.383 e. The number of nitrogens with zero attached hydrogens (tertiary/aromatic N) is 4. The maximum Gasteiger partial charge on any atom is 0.124 e. The van der Waals surface area contributed by atoms with Crippen molar-refractivity contribution in [1.82, 2.24) is 24.4 Å². The molecule has 4 rings (SSSR count). The van der Waals surface area contributed by atoms with E-state index in [1.807, 2.05) is 30.6 Å². The van der Waals surface area contributed by atoms with E-state index in [-0.39, 0.29) is 0 Å². The van der Waals surface area contributed by atoms with Crippen LogP contribution in [0, 0.1) is 0 Å². The smallest absolute Gasteiger partial charge is 0.124 e. The molecule has 132 valence electrons. The summed E-state index contributed by atoms with van der Waals surface area (Å²) in [6.45, 7) is 3.39. The minimum atomic E-state index is 0.291. The zero-order chi connectivity index (χ0) is 17.2. The zero-order valence-corrected chi connectivity index (χ0v) is 15.0. The van der Waals surface area contributed by atoms with Gasteiger partial charge >= 0.3 is 0 Å². The highest BCUT2D eigenvalue weighted by Gasteiger charge is 2.29. The van der Waals surface area contributed by atoms with E-state index < -0.39 is 0 Å². The number of imidazole rings is 2. The average molecular weight is 360 g/mol. The van der Waals surface area contributed by atoms with Crippen molar-refractivity contribution in [2.24, 2.45) is 0 Å². The lowest BCUT2D eigenvalue weighted by Crippen LogP contribution is -2.25. The number of hydrogen-bond acceptors (Lipinski definition) is 4. The molecule has 7 heteroatoms. The number of aromatic nitrogens is 4. The third-order valence-electron chi connectivity index (χ3n) is 4.82. The van der Waals surface area contributed by atoms with Crippen molar-refractivity contribution >= 4 is 22.6 Å². The Bertz CT molecular complexity index is 858. The summed E-state index contributed by atoms with van der Waals surface area (Å²) in [5, 5.41) is 0.728. The highest BCUT2D eigenvalue weighted by Crippen LogP contribution is 2.32. The fraction of sp³-hybridized carbons (Fsp3) is 0.444. The molecule has 0 unspecified atom stereocenters. The van der Waals surface area contributed by atoms with Crippen LogP contribution in [0.25, 0.3) is 11.0 Å². The fourth-order valence-corrected chi connectivity index (χ4v) is 3.72. The van der Waals surface area contributed by atoms with Gasteiger partial charge in [-0.2, -0.15) is 0 Å². The lowest BCUT2D eigenvalue weighted by atomic mass is 10.2. The monoisotopic (exact) mass is 359 g/mol. The van der Waals surface area contributed by atoms with Gasteiger partial charge in [0.05, 0.1) is 30.2 Å². The number of H-pyrrole nitrogens is 1. The molecule has 1 saturated heterocycles. The summed E-state index contributed by atoms with van der Waals surface area (Å²) in [5.41, 5.74) is 1.96. The molecule has 1 fully saturated rings. The minimum absolute atomic E-state index is 0.291. The van der Waals surface area contributed by atoms with Crippen molar-refractivity contribution in [3.63, 3.8) is 0 Å². The number of likely N-dealkylation sites (tertiary alicyclic amines) is 1. The van der Waals surface area contributed by atoms with Crippen molar-refractivity contribution in [3.05, 3.63) is 47.3 Å². The maximum atomic E-state index is 6.09. The van der Waals surface area contributed by atoms with Crippen LogP contribution in [0.3, 0.4) is 0 Å². The number of nitrogens with one attached hydrogen (secondary N) is 1. The second-order valence-electron chi connectivity index (χ2n) is 6.44. The lowest BCUT2D eigenvalue weighted by Gasteiger charge is -2.22. The third kappa shape index (κ3) is 3.42. The molecule has 25 heavy (non-hydrogen) atoms. The van der Waals surface area contributed by atoms with Crippen LogP contribution in [-0.4, -0.2) is 44.7 Å². The fourth-order valence-electron chi connectivity index (χ4n) is 3.55. The Morgan fingerprint density at radius 2 is 2.32 bits per heavy atom. The van der Waals surface area contributed by atoms with Crippen molar-refractivity contribution in [2.75, 3.05) is 20.3 Å². The lowest BCUT2D eigenvalue weighted by molar-refractivity contribution is 0.182. The normalized spacial score (nSPS) is 18.4. The molecule has 1 atom stereocenters. The van der Waals surface area contributed by atoms with Gasteiger partial charge in [0.25, 0.3) is 0 Å². The van der Waals surface area contributed by atoms with Gasteiger partial charge in [0.1, 0.15) is 11.6 Å². The van der Waals surface area contributed by atoms with Gasteiger partial charge in [0.2, 0.25) is 0 Å². The van der Waals surface area contributed by atoms with Crippen LogP contribution in [0.1, 0.15) is 30.5 Å². The third-order valence-corrected chi connectivity index (χ3v) is 5.06. The first kappa shape index (κ1) is 16.6. The predicted octanol–water partition coefficient (Wildman–Crippen LogP) is 3.40. The Morgan fingerprint density at radius 1 is 1.40 bits per heavy atom. The molecule has 1 N–H and O–H groups in total. The standard InChI is InChI=1S/C18H22ClN5O/c1-25-10-9-23-8-6-20-17(23)12-24-7-2-3-16(24)18-21-14-5-4-13(19)11-15(14)22-18/h4-6,8,11,16H,2-3,7,9-10,12H2,1H3,(H,21,22)/t16-/m1/s1. The van der Waals surface area contributed by atoms with E-state index in [4.69, 9.17) is 21.3 Å². The van der Waals surface area contributed by atoms with Gasteiger partial charge in [-0.25, -0.2) is 9.97 Å². The Balaban J connectivity index is 1.54. The van der Waals surface area contributed by atoms with Gasteiger partial charge in [-0.15, -0.1) is 0 Å². The number of fused-ring (bicyclic) bond motifs is 1. The second kappa shape index (κ2) is 7.15. The van der Waals surface area contributed by atoms with Crippen LogP contribution in [-0.2, 0) is 17.8 Å². The van der Waals surface area contributed by atoms with E-state index in [9.17, 15) is 0 Å². The highest BCUT2D eigenvalue weighted by atomic mass is 35.5. The number of aromatic amines is 1. The topological polar surface area (TPSA) is 59.0 Å². The molecule has 0 spiro atoms. The van der Waals surface area contributed by atoms with E-state index in [1.54, 1.807) is 7.11 Å². The highest BCUT2D eigenvalue weighted by molar-refractivity contribution is 6.31. The molecular formula is C18H22ClN5O. The van der Waals surface area contributed by atoms with Gasteiger partial charge in [0, 0.05) is 31.1 Å². The molecule has 3 aromatic rings. The molecular weight excluding hydrogens is 338 g/mol. The summed E-state index contributed by atoms with van der Waals surface area (Å²) in [6.07, 6.45) is 6.15. The van der Waals surface area contributed by atoms with Gasteiger partial charge in [-0.1, -0.05) is 11.6 Å². The molecule has 0 saturated carbocycles. The summed E-state index contributed by atoms with van der Waals surface area (Å²) in [6, 6.07) is 6.07. The van der Waals surface area contributed by atoms with Gasteiger partial charge in [-0.3, -0.25) is 4.90 Å². The SMILES string of the molecule is COCCn1ccnc1CN1CCC[C@@H]1c1nc2ccc(Cl)cc2[nH]1. The van der Waals surface area contributed by atoms with E-state index in [1.165, 1.54) is 6.42 Å².